The summed E-state index contributed by atoms with van der Waals surface area (Å²) >= 11 is 0. The topological polar surface area (TPSA) is 50.4 Å². The monoisotopic (exact) mass is 240 g/mol. The highest BCUT2D eigenvalue weighted by molar-refractivity contribution is 5.68. The van der Waals surface area contributed by atoms with Gasteiger partial charge in [-0.15, -0.1) is 0 Å². The van der Waals surface area contributed by atoms with Gasteiger partial charge in [-0.05, 0) is 52.9 Å². The molecule has 2 aliphatic rings. The van der Waals surface area contributed by atoms with Crippen molar-refractivity contribution in [2.75, 3.05) is 6.54 Å². The molecule has 0 radical (unpaired) electrons. The Bertz CT molecular complexity index is 282. The molecule has 1 saturated carbocycles. The van der Waals surface area contributed by atoms with E-state index in [0.717, 1.165) is 13.0 Å². The van der Waals surface area contributed by atoms with E-state index < -0.39 is 5.60 Å². The zero-order valence-electron chi connectivity index (χ0n) is 11.1. The van der Waals surface area contributed by atoms with Gasteiger partial charge in [-0.2, -0.15) is 0 Å². The summed E-state index contributed by atoms with van der Waals surface area (Å²) < 4.78 is 5.25. The van der Waals surface area contributed by atoms with Gasteiger partial charge in [0.05, 0.1) is 0 Å². The largest absolute Gasteiger partial charge is 0.444 e. The summed E-state index contributed by atoms with van der Waals surface area (Å²) in [6.45, 7) is 6.53. The highest BCUT2D eigenvalue weighted by atomic mass is 16.6. The third kappa shape index (κ3) is 3.35. The van der Waals surface area contributed by atoms with Crippen LogP contribution in [0.2, 0.25) is 0 Å². The van der Waals surface area contributed by atoms with Crippen LogP contribution in [0.5, 0.6) is 0 Å². The zero-order chi connectivity index (χ0) is 12.5. The summed E-state index contributed by atoms with van der Waals surface area (Å²) in [5.74, 6) is 0. The van der Waals surface area contributed by atoms with E-state index in [2.05, 4.69) is 10.6 Å². The standard InChI is InChI=1S/C13H24N2O2/c1-12(2,3)17-11(16)15-10-5-8-13(14-9-10)6-4-7-13/h10,14H,4-9H2,1-3H3,(H,15,16). The molecule has 1 spiro atoms. The molecule has 1 amide bonds. The maximum Gasteiger partial charge on any atom is 0.407 e. The molecule has 2 N–H and O–H groups in total. The average molecular weight is 240 g/mol. The fourth-order valence-corrected chi connectivity index (χ4v) is 2.61. The van der Waals surface area contributed by atoms with Gasteiger partial charge in [0.25, 0.3) is 0 Å². The first-order valence-electron chi connectivity index (χ1n) is 6.63. The lowest BCUT2D eigenvalue weighted by molar-refractivity contribution is 0.0463. The first-order valence-corrected chi connectivity index (χ1v) is 6.63. The Balaban J connectivity index is 1.72. The van der Waals surface area contributed by atoms with Gasteiger partial charge < -0.3 is 15.4 Å². The van der Waals surface area contributed by atoms with E-state index in [1.165, 1.54) is 25.7 Å². The van der Waals surface area contributed by atoms with E-state index in [1.54, 1.807) is 0 Å². The number of carbonyl (C=O) groups excluding carboxylic acids is 1. The molecule has 1 saturated heterocycles. The minimum absolute atomic E-state index is 0.219. The lowest BCUT2D eigenvalue weighted by Gasteiger charge is -2.47. The molecular formula is C13H24N2O2. The Labute approximate surface area is 103 Å². The van der Waals surface area contributed by atoms with Crippen LogP contribution in [0, 0.1) is 0 Å². The Morgan fingerprint density at radius 2 is 2.06 bits per heavy atom. The molecule has 1 unspecified atom stereocenters. The molecule has 4 nitrogen and oxygen atoms in total. The zero-order valence-corrected chi connectivity index (χ0v) is 11.1. The van der Waals surface area contributed by atoms with Crippen LogP contribution >= 0.6 is 0 Å². The first-order chi connectivity index (χ1) is 7.89. The summed E-state index contributed by atoms with van der Waals surface area (Å²) in [5.41, 5.74) is -0.00646. The summed E-state index contributed by atoms with van der Waals surface area (Å²) in [4.78, 5) is 11.6. The second-order valence-electron chi connectivity index (χ2n) is 6.40. The number of ether oxygens (including phenoxy) is 1. The quantitative estimate of drug-likeness (QED) is 0.738. The summed E-state index contributed by atoms with van der Waals surface area (Å²) in [7, 11) is 0. The minimum atomic E-state index is -0.415. The van der Waals surface area contributed by atoms with Gasteiger partial charge in [-0.25, -0.2) is 4.79 Å². The molecule has 0 bridgehead atoms. The van der Waals surface area contributed by atoms with Crippen LogP contribution in [0.1, 0.15) is 52.9 Å². The predicted molar refractivity (Wildman–Crippen MR) is 67.0 cm³/mol. The average Bonchev–Trinajstić information content (AvgIpc) is 2.13. The molecule has 2 rings (SSSR count). The van der Waals surface area contributed by atoms with Gasteiger partial charge in [-0.3, -0.25) is 0 Å². The fourth-order valence-electron chi connectivity index (χ4n) is 2.61. The molecule has 1 aliphatic carbocycles. The normalized spacial score (nSPS) is 27.4. The summed E-state index contributed by atoms with van der Waals surface area (Å²) in [6, 6.07) is 0.219. The van der Waals surface area contributed by atoms with Crippen molar-refractivity contribution >= 4 is 6.09 Å². The Morgan fingerprint density at radius 3 is 2.47 bits per heavy atom. The number of alkyl carbamates (subject to hydrolysis) is 1. The molecule has 17 heavy (non-hydrogen) atoms. The fraction of sp³-hybridized carbons (Fsp3) is 0.923. The lowest BCUT2D eigenvalue weighted by Crippen LogP contribution is -2.60. The van der Waals surface area contributed by atoms with E-state index in [0.29, 0.717) is 5.54 Å². The number of carbonyl (C=O) groups is 1. The van der Waals surface area contributed by atoms with Crippen LogP contribution in [0.4, 0.5) is 4.79 Å². The molecule has 0 aromatic carbocycles. The highest BCUT2D eigenvalue weighted by Gasteiger charge is 2.40. The second-order valence-corrected chi connectivity index (χ2v) is 6.40. The van der Waals surface area contributed by atoms with Crippen LogP contribution in [-0.4, -0.2) is 29.8 Å². The lowest BCUT2D eigenvalue weighted by atomic mass is 9.71. The number of amides is 1. The maximum atomic E-state index is 11.6. The van der Waals surface area contributed by atoms with Crippen LogP contribution < -0.4 is 10.6 Å². The van der Waals surface area contributed by atoms with Crippen LogP contribution in [0.15, 0.2) is 0 Å². The minimum Gasteiger partial charge on any atom is -0.444 e. The smallest absolute Gasteiger partial charge is 0.407 e. The van der Waals surface area contributed by atoms with Crippen molar-refractivity contribution in [3.05, 3.63) is 0 Å². The molecule has 0 aromatic heterocycles. The molecule has 1 heterocycles. The van der Waals surface area contributed by atoms with Crippen LogP contribution in [-0.2, 0) is 4.74 Å². The van der Waals surface area contributed by atoms with Crippen molar-refractivity contribution in [2.45, 2.75) is 70.1 Å². The van der Waals surface area contributed by atoms with E-state index in [9.17, 15) is 4.79 Å². The Kier molecular flexibility index (Phi) is 3.34. The predicted octanol–water partition coefficient (Wildman–Crippen LogP) is 2.19. The highest BCUT2D eigenvalue weighted by Crippen LogP contribution is 2.38. The molecule has 0 aromatic rings. The maximum absolute atomic E-state index is 11.6. The summed E-state index contributed by atoms with van der Waals surface area (Å²) in [5, 5.41) is 6.52. The molecular weight excluding hydrogens is 216 g/mol. The van der Waals surface area contributed by atoms with Crippen molar-refractivity contribution in [1.29, 1.82) is 0 Å². The van der Waals surface area contributed by atoms with E-state index in [-0.39, 0.29) is 12.1 Å². The Morgan fingerprint density at radius 1 is 1.35 bits per heavy atom. The van der Waals surface area contributed by atoms with E-state index in [4.69, 9.17) is 4.74 Å². The molecule has 1 atom stereocenters. The van der Waals surface area contributed by atoms with Crippen LogP contribution in [0.3, 0.4) is 0 Å². The number of piperidine rings is 1. The van der Waals surface area contributed by atoms with Gasteiger partial charge in [0, 0.05) is 18.1 Å². The SMILES string of the molecule is CC(C)(C)OC(=O)NC1CCC2(CCC2)NC1. The third-order valence-corrected chi connectivity index (χ3v) is 3.73. The van der Waals surface area contributed by atoms with Gasteiger partial charge in [-0.1, -0.05) is 0 Å². The molecule has 1 aliphatic heterocycles. The van der Waals surface area contributed by atoms with E-state index >= 15 is 0 Å². The summed E-state index contributed by atoms with van der Waals surface area (Å²) in [6.07, 6.45) is 5.88. The number of hydrogen-bond donors (Lipinski definition) is 2. The molecule has 2 fully saturated rings. The second kappa shape index (κ2) is 4.48. The first kappa shape index (κ1) is 12.7. The van der Waals surface area contributed by atoms with Gasteiger partial charge in [0.1, 0.15) is 5.60 Å². The molecule has 98 valence electrons. The van der Waals surface area contributed by atoms with Crippen molar-refractivity contribution in [3.63, 3.8) is 0 Å². The van der Waals surface area contributed by atoms with Crippen molar-refractivity contribution < 1.29 is 9.53 Å². The van der Waals surface area contributed by atoms with Crippen molar-refractivity contribution in [2.24, 2.45) is 0 Å². The van der Waals surface area contributed by atoms with Gasteiger partial charge in [0.2, 0.25) is 0 Å². The number of nitrogens with one attached hydrogen (secondary N) is 2. The third-order valence-electron chi connectivity index (χ3n) is 3.73. The van der Waals surface area contributed by atoms with Crippen molar-refractivity contribution in [3.8, 4) is 0 Å². The molecule has 4 heteroatoms. The van der Waals surface area contributed by atoms with Crippen molar-refractivity contribution in [1.82, 2.24) is 10.6 Å². The van der Waals surface area contributed by atoms with Crippen LogP contribution in [0.25, 0.3) is 0 Å². The van der Waals surface area contributed by atoms with E-state index in [1.807, 2.05) is 20.8 Å². The number of rotatable bonds is 1. The Hall–Kier alpha value is -0.770. The van der Waals surface area contributed by atoms with Gasteiger partial charge in [0.15, 0.2) is 0 Å². The van der Waals surface area contributed by atoms with Gasteiger partial charge >= 0.3 is 6.09 Å². The number of hydrogen-bond acceptors (Lipinski definition) is 3.